The number of benzene rings is 2. The Morgan fingerprint density at radius 2 is 2.03 bits per heavy atom. The number of halogens is 1. The molecule has 0 N–H and O–H groups in total. The minimum atomic E-state index is -0.832. The standard InChI is InChI=1S/C23H22FN3OS/c1-16-14-23(15-25,11-13-28-16)19-4-3-5-21(22(19)24)29-18-8-6-17(7-9-18)20-10-12-26-27(20)2/h3-10,12,16H,11,13-14H2,1-2H3/t16-,23-/m0/s1. The lowest BCUT2D eigenvalue weighted by Crippen LogP contribution is -2.37. The van der Waals surface area contributed by atoms with E-state index in [0.29, 0.717) is 29.9 Å². The van der Waals surface area contributed by atoms with Crippen LogP contribution in [0.15, 0.2) is 64.5 Å². The maximum absolute atomic E-state index is 15.4. The van der Waals surface area contributed by atoms with Gasteiger partial charge in [-0.2, -0.15) is 10.4 Å². The smallest absolute Gasteiger partial charge is 0.141 e. The molecule has 0 spiro atoms. The van der Waals surface area contributed by atoms with Gasteiger partial charge in [0.25, 0.3) is 0 Å². The monoisotopic (exact) mass is 407 g/mol. The van der Waals surface area contributed by atoms with Crippen LogP contribution in [-0.2, 0) is 17.2 Å². The molecule has 29 heavy (non-hydrogen) atoms. The van der Waals surface area contributed by atoms with E-state index in [4.69, 9.17) is 4.74 Å². The maximum Gasteiger partial charge on any atom is 0.141 e. The average molecular weight is 408 g/mol. The van der Waals surface area contributed by atoms with Crippen molar-refractivity contribution in [1.29, 1.82) is 5.26 Å². The summed E-state index contributed by atoms with van der Waals surface area (Å²) in [6.45, 7) is 2.41. The van der Waals surface area contributed by atoms with Crippen molar-refractivity contribution < 1.29 is 9.13 Å². The Bertz CT molecular complexity index is 1060. The van der Waals surface area contributed by atoms with Crippen molar-refractivity contribution in [3.8, 4) is 17.3 Å². The Morgan fingerprint density at radius 1 is 1.24 bits per heavy atom. The molecule has 1 aliphatic rings. The summed E-state index contributed by atoms with van der Waals surface area (Å²) in [6.07, 6.45) is 2.73. The quantitative estimate of drug-likeness (QED) is 0.586. The second kappa shape index (κ2) is 8.02. The van der Waals surface area contributed by atoms with E-state index in [-0.39, 0.29) is 11.9 Å². The van der Waals surface area contributed by atoms with Gasteiger partial charge in [-0.05, 0) is 49.6 Å². The fraction of sp³-hybridized carbons (Fsp3) is 0.304. The molecule has 1 saturated heterocycles. The van der Waals surface area contributed by atoms with Crippen molar-refractivity contribution >= 4 is 11.8 Å². The largest absolute Gasteiger partial charge is 0.378 e. The molecule has 1 aromatic heterocycles. The lowest BCUT2D eigenvalue weighted by atomic mass is 9.73. The van der Waals surface area contributed by atoms with Gasteiger partial charge in [0.1, 0.15) is 5.82 Å². The molecule has 0 radical (unpaired) electrons. The van der Waals surface area contributed by atoms with Gasteiger partial charge in [-0.1, -0.05) is 36.0 Å². The molecule has 2 aromatic carbocycles. The number of aromatic nitrogens is 2. The summed E-state index contributed by atoms with van der Waals surface area (Å²) in [5.74, 6) is -0.302. The number of hydrogen-bond donors (Lipinski definition) is 0. The molecule has 3 aromatic rings. The Balaban J connectivity index is 1.61. The number of ether oxygens (including phenoxy) is 1. The lowest BCUT2D eigenvalue weighted by Gasteiger charge is -2.35. The maximum atomic E-state index is 15.4. The first kappa shape index (κ1) is 19.7. The topological polar surface area (TPSA) is 50.8 Å². The first-order valence-electron chi connectivity index (χ1n) is 9.60. The van der Waals surface area contributed by atoms with Crippen LogP contribution in [-0.4, -0.2) is 22.5 Å². The number of aryl methyl sites for hydroxylation is 1. The zero-order valence-electron chi connectivity index (χ0n) is 16.4. The molecule has 6 heteroatoms. The van der Waals surface area contributed by atoms with E-state index in [2.05, 4.69) is 11.2 Å². The third-order valence-electron chi connectivity index (χ3n) is 5.46. The van der Waals surface area contributed by atoms with Crippen LogP contribution in [0.3, 0.4) is 0 Å². The first-order chi connectivity index (χ1) is 14.0. The van der Waals surface area contributed by atoms with E-state index >= 15 is 4.39 Å². The van der Waals surface area contributed by atoms with Crippen LogP contribution in [0.4, 0.5) is 4.39 Å². The minimum Gasteiger partial charge on any atom is -0.378 e. The second-order valence-corrected chi connectivity index (χ2v) is 8.53. The normalized spacial score (nSPS) is 21.7. The van der Waals surface area contributed by atoms with Crippen molar-refractivity contribution in [1.82, 2.24) is 9.78 Å². The van der Waals surface area contributed by atoms with Gasteiger partial charge in [-0.3, -0.25) is 4.68 Å². The van der Waals surface area contributed by atoms with Crippen LogP contribution in [0.25, 0.3) is 11.3 Å². The Hall–Kier alpha value is -2.62. The summed E-state index contributed by atoms with van der Waals surface area (Å²) in [5.41, 5.74) is 1.73. The molecule has 0 bridgehead atoms. The number of nitriles is 1. The lowest BCUT2D eigenvalue weighted by molar-refractivity contribution is 0.00275. The summed E-state index contributed by atoms with van der Waals surface area (Å²) in [5, 5.41) is 14.1. The number of hydrogen-bond acceptors (Lipinski definition) is 4. The van der Waals surface area contributed by atoms with Crippen molar-refractivity contribution in [3.05, 3.63) is 66.1 Å². The predicted molar refractivity (Wildman–Crippen MR) is 111 cm³/mol. The molecular formula is C23H22FN3OS. The van der Waals surface area contributed by atoms with E-state index in [1.54, 1.807) is 18.3 Å². The molecule has 0 saturated carbocycles. The molecule has 0 unspecified atom stereocenters. The molecule has 1 fully saturated rings. The van der Waals surface area contributed by atoms with E-state index in [1.165, 1.54) is 11.8 Å². The van der Waals surface area contributed by atoms with Gasteiger partial charge in [0.05, 0.1) is 23.3 Å². The zero-order chi connectivity index (χ0) is 20.4. The van der Waals surface area contributed by atoms with Gasteiger partial charge in [-0.15, -0.1) is 0 Å². The van der Waals surface area contributed by atoms with E-state index in [0.717, 1.165) is 16.2 Å². The molecule has 1 aliphatic heterocycles. The molecule has 2 atom stereocenters. The molecule has 4 rings (SSSR count). The highest BCUT2D eigenvalue weighted by atomic mass is 32.2. The molecular weight excluding hydrogens is 385 g/mol. The van der Waals surface area contributed by atoms with Crippen LogP contribution in [0.1, 0.15) is 25.3 Å². The van der Waals surface area contributed by atoms with Crippen LogP contribution in [0.5, 0.6) is 0 Å². The summed E-state index contributed by atoms with van der Waals surface area (Å²) in [6, 6.07) is 17.7. The second-order valence-electron chi connectivity index (χ2n) is 7.41. The number of nitrogens with zero attached hydrogens (tertiary/aromatic N) is 3. The van der Waals surface area contributed by atoms with Crippen molar-refractivity contribution in [2.75, 3.05) is 6.61 Å². The summed E-state index contributed by atoms with van der Waals surface area (Å²) >= 11 is 1.37. The van der Waals surface area contributed by atoms with E-state index in [9.17, 15) is 5.26 Å². The minimum absolute atomic E-state index is 0.0568. The van der Waals surface area contributed by atoms with Crippen LogP contribution in [0, 0.1) is 17.1 Å². The Morgan fingerprint density at radius 3 is 2.69 bits per heavy atom. The average Bonchev–Trinajstić information content (AvgIpc) is 3.16. The summed E-state index contributed by atoms with van der Waals surface area (Å²) < 4.78 is 22.8. The van der Waals surface area contributed by atoms with Gasteiger partial charge >= 0.3 is 0 Å². The van der Waals surface area contributed by atoms with Crippen molar-refractivity contribution in [2.45, 2.75) is 41.1 Å². The van der Waals surface area contributed by atoms with Gasteiger partial charge in [-0.25, -0.2) is 4.39 Å². The molecule has 4 nitrogen and oxygen atoms in total. The van der Waals surface area contributed by atoms with Crippen LogP contribution in [0.2, 0.25) is 0 Å². The molecule has 148 valence electrons. The fourth-order valence-corrected chi connectivity index (χ4v) is 4.80. The van der Waals surface area contributed by atoms with Gasteiger partial charge in [0.15, 0.2) is 0 Å². The highest BCUT2D eigenvalue weighted by Gasteiger charge is 2.40. The molecule has 2 heterocycles. The van der Waals surface area contributed by atoms with Crippen molar-refractivity contribution in [3.63, 3.8) is 0 Å². The van der Waals surface area contributed by atoms with Gasteiger partial charge in [0, 0.05) is 35.2 Å². The Kier molecular flexibility index (Phi) is 5.44. The summed E-state index contributed by atoms with van der Waals surface area (Å²) in [7, 11) is 1.90. The first-order valence-corrected chi connectivity index (χ1v) is 10.4. The van der Waals surface area contributed by atoms with Crippen molar-refractivity contribution in [2.24, 2.45) is 7.05 Å². The third kappa shape index (κ3) is 3.81. The number of rotatable bonds is 4. The van der Waals surface area contributed by atoms with Crippen LogP contribution < -0.4 is 0 Å². The van der Waals surface area contributed by atoms with Gasteiger partial charge < -0.3 is 4.74 Å². The fourth-order valence-electron chi connectivity index (χ4n) is 3.93. The predicted octanol–water partition coefficient (Wildman–Crippen LogP) is 5.34. The van der Waals surface area contributed by atoms with E-state index < -0.39 is 5.41 Å². The Labute approximate surface area is 174 Å². The summed E-state index contributed by atoms with van der Waals surface area (Å²) in [4.78, 5) is 1.47. The van der Waals surface area contributed by atoms with E-state index in [1.807, 2.05) is 55.1 Å². The highest BCUT2D eigenvalue weighted by molar-refractivity contribution is 7.99. The SMILES string of the molecule is C[C@H]1C[C@@](C#N)(c2cccc(Sc3ccc(-c4ccnn4C)cc3)c2F)CCO1. The molecule has 0 aliphatic carbocycles. The zero-order valence-corrected chi connectivity index (χ0v) is 17.2. The molecule has 0 amide bonds. The van der Waals surface area contributed by atoms with Crippen LogP contribution >= 0.6 is 11.8 Å². The van der Waals surface area contributed by atoms with Gasteiger partial charge in [0.2, 0.25) is 0 Å². The third-order valence-corrected chi connectivity index (χ3v) is 6.50. The highest BCUT2D eigenvalue weighted by Crippen LogP contribution is 2.41.